The van der Waals surface area contributed by atoms with E-state index < -0.39 is 0 Å². The minimum atomic E-state index is 0.794. The molecule has 0 saturated carbocycles. The van der Waals surface area contributed by atoms with Gasteiger partial charge in [-0.15, -0.1) is 0 Å². The predicted molar refractivity (Wildman–Crippen MR) is 97.7 cm³/mol. The summed E-state index contributed by atoms with van der Waals surface area (Å²) in [6.45, 7) is 4.52. The molecular weight excluding hydrogens is 302 g/mol. The molecule has 5 heteroatoms. The lowest BCUT2D eigenvalue weighted by atomic mass is 10.1. The molecular formula is C19H27N3O2. The predicted octanol–water partition coefficient (Wildman–Crippen LogP) is 3.02. The molecule has 0 aliphatic rings. The Hall–Kier alpha value is -2.43. The van der Waals surface area contributed by atoms with Crippen molar-refractivity contribution in [1.29, 1.82) is 0 Å². The van der Waals surface area contributed by atoms with E-state index in [9.17, 15) is 0 Å². The molecule has 0 radical (unpaired) electrons. The minimum Gasteiger partial charge on any atom is -0.497 e. The number of ether oxygens (including phenoxy) is 1. The molecule has 1 aromatic carbocycles. The minimum absolute atomic E-state index is 0.794. The molecule has 2 aromatic rings. The first kappa shape index (κ1) is 17.9. The van der Waals surface area contributed by atoms with Crippen molar-refractivity contribution in [3.63, 3.8) is 0 Å². The van der Waals surface area contributed by atoms with Crippen LogP contribution in [-0.4, -0.2) is 32.7 Å². The van der Waals surface area contributed by atoms with Crippen LogP contribution in [-0.2, 0) is 12.8 Å². The second kappa shape index (κ2) is 10.4. The molecule has 1 aromatic heterocycles. The van der Waals surface area contributed by atoms with E-state index in [1.165, 1.54) is 5.56 Å². The summed E-state index contributed by atoms with van der Waals surface area (Å²) in [5.41, 5.74) is 1.31. The number of furan rings is 1. The Kier molecular flexibility index (Phi) is 7.74. The van der Waals surface area contributed by atoms with Crippen LogP contribution in [0.4, 0.5) is 0 Å². The first-order valence-electron chi connectivity index (χ1n) is 8.49. The number of aryl methyl sites for hydroxylation is 1. The Morgan fingerprint density at radius 3 is 2.62 bits per heavy atom. The highest BCUT2D eigenvalue weighted by Gasteiger charge is 2.00. The van der Waals surface area contributed by atoms with Crippen molar-refractivity contribution in [2.24, 2.45) is 4.99 Å². The van der Waals surface area contributed by atoms with Crippen LogP contribution in [0.25, 0.3) is 0 Å². The number of guanidine groups is 1. The Labute approximate surface area is 144 Å². The normalized spacial score (nSPS) is 11.3. The molecule has 5 nitrogen and oxygen atoms in total. The Morgan fingerprint density at radius 1 is 1.12 bits per heavy atom. The molecule has 0 saturated heterocycles. The van der Waals surface area contributed by atoms with Crippen LogP contribution in [0.5, 0.6) is 5.75 Å². The van der Waals surface area contributed by atoms with Crippen LogP contribution in [0.15, 0.2) is 52.1 Å². The van der Waals surface area contributed by atoms with Gasteiger partial charge >= 0.3 is 0 Å². The lowest BCUT2D eigenvalue weighted by molar-refractivity contribution is 0.414. The van der Waals surface area contributed by atoms with Crippen molar-refractivity contribution in [3.8, 4) is 5.75 Å². The summed E-state index contributed by atoms with van der Waals surface area (Å²) in [5.74, 6) is 2.74. The van der Waals surface area contributed by atoms with Crippen LogP contribution in [0, 0.1) is 0 Å². The maximum absolute atomic E-state index is 5.33. The van der Waals surface area contributed by atoms with Gasteiger partial charge in [-0.1, -0.05) is 12.1 Å². The van der Waals surface area contributed by atoms with Gasteiger partial charge in [-0.25, -0.2) is 0 Å². The lowest BCUT2D eigenvalue weighted by Gasteiger charge is -2.10. The number of hydrogen-bond donors (Lipinski definition) is 2. The van der Waals surface area contributed by atoms with Gasteiger partial charge in [0.1, 0.15) is 11.5 Å². The quantitative estimate of drug-likeness (QED) is 0.422. The average Bonchev–Trinajstić information content (AvgIpc) is 3.12. The molecule has 2 rings (SSSR count). The van der Waals surface area contributed by atoms with E-state index in [1.54, 1.807) is 13.4 Å². The third-order valence-corrected chi connectivity index (χ3v) is 3.64. The van der Waals surface area contributed by atoms with E-state index in [0.717, 1.165) is 56.4 Å². The molecule has 0 aliphatic heterocycles. The van der Waals surface area contributed by atoms with Gasteiger partial charge in [-0.2, -0.15) is 0 Å². The van der Waals surface area contributed by atoms with E-state index in [2.05, 4.69) is 34.7 Å². The highest BCUT2D eigenvalue weighted by atomic mass is 16.5. The fourth-order valence-electron chi connectivity index (χ4n) is 2.37. The smallest absolute Gasteiger partial charge is 0.191 e. The zero-order chi connectivity index (χ0) is 17.0. The summed E-state index contributed by atoms with van der Waals surface area (Å²) in [6.07, 6.45) is 4.58. The molecule has 1 heterocycles. The summed E-state index contributed by atoms with van der Waals surface area (Å²) < 4.78 is 10.5. The second-order valence-corrected chi connectivity index (χ2v) is 5.47. The molecule has 0 aliphatic carbocycles. The third-order valence-electron chi connectivity index (χ3n) is 3.64. The highest BCUT2D eigenvalue weighted by Crippen LogP contribution is 2.12. The Balaban J connectivity index is 1.71. The van der Waals surface area contributed by atoms with Crippen LogP contribution in [0.2, 0.25) is 0 Å². The van der Waals surface area contributed by atoms with Crippen LogP contribution >= 0.6 is 0 Å². The summed E-state index contributed by atoms with van der Waals surface area (Å²) in [6, 6.07) is 12.1. The number of methoxy groups -OCH3 is 1. The molecule has 0 atom stereocenters. The standard InChI is InChI=1S/C19H27N3O2/c1-3-20-19(22-14-12-18-7-5-15-24-18)21-13-4-6-16-8-10-17(23-2)11-9-16/h5,7-11,15H,3-4,6,12-14H2,1-2H3,(H2,20,21,22). The Morgan fingerprint density at radius 2 is 1.96 bits per heavy atom. The van der Waals surface area contributed by atoms with E-state index >= 15 is 0 Å². The molecule has 0 spiro atoms. The molecule has 130 valence electrons. The van der Waals surface area contributed by atoms with Crippen molar-refractivity contribution >= 4 is 5.96 Å². The third kappa shape index (κ3) is 6.36. The number of rotatable bonds is 9. The summed E-state index contributed by atoms with van der Waals surface area (Å²) in [4.78, 5) is 4.62. The SMILES string of the molecule is CCNC(=NCCCc1ccc(OC)cc1)NCCc1ccco1. The van der Waals surface area contributed by atoms with E-state index in [-0.39, 0.29) is 0 Å². The van der Waals surface area contributed by atoms with Gasteiger partial charge in [0.25, 0.3) is 0 Å². The van der Waals surface area contributed by atoms with Crippen molar-refractivity contribution in [2.75, 3.05) is 26.7 Å². The number of hydrogen-bond acceptors (Lipinski definition) is 3. The number of benzene rings is 1. The zero-order valence-electron chi connectivity index (χ0n) is 14.5. The zero-order valence-corrected chi connectivity index (χ0v) is 14.5. The number of aliphatic imine (C=N–C) groups is 1. The van der Waals surface area contributed by atoms with E-state index in [1.807, 2.05) is 24.3 Å². The van der Waals surface area contributed by atoms with E-state index in [4.69, 9.17) is 9.15 Å². The summed E-state index contributed by atoms with van der Waals surface area (Å²) in [5, 5.41) is 6.60. The molecule has 0 bridgehead atoms. The second-order valence-electron chi connectivity index (χ2n) is 5.47. The largest absolute Gasteiger partial charge is 0.497 e. The number of nitrogens with one attached hydrogen (secondary N) is 2. The van der Waals surface area contributed by atoms with Gasteiger partial charge in [0, 0.05) is 26.1 Å². The van der Waals surface area contributed by atoms with Gasteiger partial charge in [-0.05, 0) is 49.6 Å². The van der Waals surface area contributed by atoms with Crippen LogP contribution in [0.1, 0.15) is 24.7 Å². The van der Waals surface area contributed by atoms with Crippen LogP contribution < -0.4 is 15.4 Å². The summed E-state index contributed by atoms with van der Waals surface area (Å²) >= 11 is 0. The maximum Gasteiger partial charge on any atom is 0.191 e. The fourth-order valence-corrected chi connectivity index (χ4v) is 2.37. The van der Waals surface area contributed by atoms with Gasteiger partial charge in [-0.3, -0.25) is 4.99 Å². The van der Waals surface area contributed by atoms with Crippen molar-refractivity contribution in [2.45, 2.75) is 26.2 Å². The molecule has 24 heavy (non-hydrogen) atoms. The monoisotopic (exact) mass is 329 g/mol. The van der Waals surface area contributed by atoms with Crippen molar-refractivity contribution in [3.05, 3.63) is 54.0 Å². The summed E-state index contributed by atoms with van der Waals surface area (Å²) in [7, 11) is 1.69. The Bertz CT molecular complexity index is 592. The molecule has 2 N–H and O–H groups in total. The lowest BCUT2D eigenvalue weighted by Crippen LogP contribution is -2.38. The van der Waals surface area contributed by atoms with E-state index in [0.29, 0.717) is 0 Å². The maximum atomic E-state index is 5.33. The molecule has 0 unspecified atom stereocenters. The average molecular weight is 329 g/mol. The highest BCUT2D eigenvalue weighted by molar-refractivity contribution is 5.79. The van der Waals surface area contributed by atoms with Crippen molar-refractivity contribution < 1.29 is 9.15 Å². The van der Waals surface area contributed by atoms with Crippen LogP contribution in [0.3, 0.4) is 0 Å². The molecule has 0 amide bonds. The first-order valence-corrected chi connectivity index (χ1v) is 8.49. The van der Waals surface area contributed by atoms with Crippen molar-refractivity contribution in [1.82, 2.24) is 10.6 Å². The van der Waals surface area contributed by atoms with Gasteiger partial charge in [0.05, 0.1) is 13.4 Å². The van der Waals surface area contributed by atoms with Gasteiger partial charge in [0.2, 0.25) is 0 Å². The fraction of sp³-hybridized carbons (Fsp3) is 0.421. The van der Waals surface area contributed by atoms with Gasteiger partial charge in [0.15, 0.2) is 5.96 Å². The van der Waals surface area contributed by atoms with Gasteiger partial charge < -0.3 is 19.8 Å². The topological polar surface area (TPSA) is 58.8 Å². The molecule has 0 fully saturated rings. The number of nitrogens with zero attached hydrogens (tertiary/aromatic N) is 1. The first-order chi connectivity index (χ1) is 11.8.